The van der Waals surface area contributed by atoms with Crippen molar-refractivity contribution in [2.45, 2.75) is 18.9 Å². The molecule has 8 heteroatoms. The number of sulfonamides is 1. The fourth-order valence-corrected chi connectivity index (χ4v) is 3.69. The van der Waals surface area contributed by atoms with Crippen LogP contribution in [0.4, 0.5) is 4.39 Å². The number of nitrogens with zero attached hydrogens (tertiary/aromatic N) is 3. The number of hydrogen-bond acceptors (Lipinski definition) is 4. The van der Waals surface area contributed by atoms with Crippen molar-refractivity contribution >= 4 is 20.9 Å². The van der Waals surface area contributed by atoms with E-state index in [1.54, 1.807) is 0 Å². The first-order valence-corrected chi connectivity index (χ1v) is 8.82. The van der Waals surface area contributed by atoms with Crippen LogP contribution in [0, 0.1) is 5.82 Å². The zero-order chi connectivity index (χ0) is 15.9. The third-order valence-electron chi connectivity index (χ3n) is 4.03. The van der Waals surface area contributed by atoms with Gasteiger partial charge in [-0.1, -0.05) is 0 Å². The molecule has 0 radical (unpaired) electrons. The molecular weight excluding hydrogens is 309 g/mol. The van der Waals surface area contributed by atoms with E-state index in [-0.39, 0.29) is 17.0 Å². The molecule has 0 aliphatic carbocycles. The Labute approximate surface area is 127 Å². The fourth-order valence-electron chi connectivity index (χ4n) is 2.82. The molecule has 118 valence electrons. The van der Waals surface area contributed by atoms with Crippen LogP contribution < -0.4 is 5.56 Å². The van der Waals surface area contributed by atoms with Crippen molar-refractivity contribution in [2.24, 2.45) is 0 Å². The second-order valence-electron chi connectivity index (χ2n) is 5.51. The summed E-state index contributed by atoms with van der Waals surface area (Å²) in [5, 5.41) is 0.244. The Hall–Kier alpha value is -1.80. The summed E-state index contributed by atoms with van der Waals surface area (Å²) in [7, 11) is -3.20. The van der Waals surface area contributed by atoms with Gasteiger partial charge in [0.15, 0.2) is 0 Å². The minimum atomic E-state index is -3.20. The molecule has 1 aliphatic rings. The molecule has 0 N–H and O–H groups in total. The molecule has 1 aliphatic heterocycles. The molecule has 0 atom stereocenters. The Balaban J connectivity index is 1.92. The van der Waals surface area contributed by atoms with Gasteiger partial charge in [0.25, 0.3) is 5.56 Å². The monoisotopic (exact) mass is 325 g/mol. The summed E-state index contributed by atoms with van der Waals surface area (Å²) in [6.45, 7) is 0.744. The first kappa shape index (κ1) is 15.1. The number of fused-ring (bicyclic) bond motifs is 1. The summed E-state index contributed by atoms with van der Waals surface area (Å²) in [5.41, 5.74) is 0.165. The Kier molecular flexibility index (Phi) is 3.73. The van der Waals surface area contributed by atoms with Crippen LogP contribution in [-0.2, 0) is 10.0 Å². The zero-order valence-electron chi connectivity index (χ0n) is 12.1. The van der Waals surface area contributed by atoms with Crippen molar-refractivity contribution in [3.05, 3.63) is 40.7 Å². The number of halogens is 1. The molecule has 0 saturated carbocycles. The fraction of sp³-hybridized carbons (Fsp3) is 0.429. The lowest BCUT2D eigenvalue weighted by Gasteiger charge is -2.31. The maximum absolute atomic E-state index is 13.3. The Morgan fingerprint density at radius 2 is 1.95 bits per heavy atom. The zero-order valence-corrected chi connectivity index (χ0v) is 12.9. The van der Waals surface area contributed by atoms with Crippen LogP contribution in [0.25, 0.3) is 10.9 Å². The number of piperidine rings is 1. The van der Waals surface area contributed by atoms with E-state index in [1.807, 2.05) is 0 Å². The smallest absolute Gasteiger partial charge is 0.261 e. The third kappa shape index (κ3) is 2.76. The summed E-state index contributed by atoms with van der Waals surface area (Å²) in [5.74, 6) is -0.476. The average Bonchev–Trinajstić information content (AvgIpc) is 2.47. The molecule has 3 rings (SSSR count). The molecule has 1 aromatic carbocycles. The molecule has 1 aromatic heterocycles. The van der Waals surface area contributed by atoms with Crippen molar-refractivity contribution in [3.8, 4) is 0 Å². The summed E-state index contributed by atoms with van der Waals surface area (Å²) < 4.78 is 39.2. The van der Waals surface area contributed by atoms with E-state index in [1.165, 1.54) is 39.7 Å². The molecule has 0 amide bonds. The lowest BCUT2D eigenvalue weighted by atomic mass is 10.1. The molecular formula is C14H16FN3O3S. The topological polar surface area (TPSA) is 72.3 Å². The Bertz CT molecular complexity index is 871. The minimum Gasteiger partial charge on any atom is -0.296 e. The van der Waals surface area contributed by atoms with E-state index in [9.17, 15) is 17.6 Å². The third-order valence-corrected chi connectivity index (χ3v) is 5.33. The van der Waals surface area contributed by atoms with Gasteiger partial charge in [-0.25, -0.2) is 22.1 Å². The van der Waals surface area contributed by atoms with Crippen molar-refractivity contribution in [3.63, 3.8) is 0 Å². The maximum atomic E-state index is 13.3. The van der Waals surface area contributed by atoms with E-state index in [0.29, 0.717) is 31.4 Å². The largest absolute Gasteiger partial charge is 0.296 e. The van der Waals surface area contributed by atoms with Crippen LogP contribution in [-0.4, -0.2) is 41.6 Å². The summed E-state index contributed by atoms with van der Waals surface area (Å²) in [6, 6.07) is 3.81. The lowest BCUT2D eigenvalue weighted by molar-refractivity contribution is 0.271. The van der Waals surface area contributed by atoms with Crippen molar-refractivity contribution in [2.75, 3.05) is 19.3 Å². The highest BCUT2D eigenvalue weighted by molar-refractivity contribution is 7.88. The van der Waals surface area contributed by atoms with Crippen LogP contribution in [0.15, 0.2) is 29.3 Å². The Morgan fingerprint density at radius 3 is 2.59 bits per heavy atom. The predicted octanol–water partition coefficient (Wildman–Crippen LogP) is 1.13. The number of rotatable bonds is 2. The van der Waals surface area contributed by atoms with E-state index in [4.69, 9.17) is 0 Å². The first-order chi connectivity index (χ1) is 10.4. The van der Waals surface area contributed by atoms with E-state index in [2.05, 4.69) is 4.98 Å². The van der Waals surface area contributed by atoms with Crippen molar-refractivity contribution in [1.82, 2.24) is 13.9 Å². The molecule has 0 unspecified atom stereocenters. The van der Waals surface area contributed by atoms with Gasteiger partial charge in [-0.3, -0.25) is 9.36 Å². The van der Waals surface area contributed by atoms with Crippen molar-refractivity contribution < 1.29 is 12.8 Å². The molecule has 2 heterocycles. The summed E-state index contributed by atoms with van der Waals surface area (Å²) in [6.07, 6.45) is 3.72. The van der Waals surface area contributed by atoms with E-state index < -0.39 is 15.8 Å². The van der Waals surface area contributed by atoms with E-state index in [0.717, 1.165) is 0 Å². The summed E-state index contributed by atoms with van der Waals surface area (Å²) in [4.78, 5) is 16.7. The lowest BCUT2D eigenvalue weighted by Crippen LogP contribution is -2.40. The van der Waals surface area contributed by atoms with E-state index >= 15 is 0 Å². The highest BCUT2D eigenvalue weighted by atomic mass is 32.2. The van der Waals surface area contributed by atoms with Gasteiger partial charge in [-0.2, -0.15) is 0 Å². The number of benzene rings is 1. The predicted molar refractivity (Wildman–Crippen MR) is 80.6 cm³/mol. The molecule has 1 fully saturated rings. The normalized spacial score (nSPS) is 17.9. The SMILES string of the molecule is CS(=O)(=O)N1CCC(n2cnc3ccc(F)cc3c2=O)CC1. The van der Waals surface area contributed by atoms with Gasteiger partial charge in [0.05, 0.1) is 23.5 Å². The molecule has 1 saturated heterocycles. The van der Waals surface area contributed by atoms with Gasteiger partial charge in [-0.05, 0) is 31.0 Å². The number of aromatic nitrogens is 2. The van der Waals surface area contributed by atoms with Crippen LogP contribution in [0.3, 0.4) is 0 Å². The van der Waals surface area contributed by atoms with Gasteiger partial charge in [0, 0.05) is 19.1 Å². The average molecular weight is 325 g/mol. The summed E-state index contributed by atoms with van der Waals surface area (Å²) >= 11 is 0. The van der Waals surface area contributed by atoms with Gasteiger partial charge < -0.3 is 0 Å². The standard InChI is InChI=1S/C14H16FN3O3S/c1-22(20,21)17-6-4-11(5-7-17)18-9-16-13-3-2-10(15)8-12(13)14(18)19/h2-3,8-9,11H,4-7H2,1H3. The van der Waals surface area contributed by atoms with Crippen LogP contribution in [0.1, 0.15) is 18.9 Å². The van der Waals surface area contributed by atoms with Gasteiger partial charge in [-0.15, -0.1) is 0 Å². The van der Waals surface area contributed by atoms with Crippen molar-refractivity contribution in [1.29, 1.82) is 0 Å². The van der Waals surface area contributed by atoms with Crippen LogP contribution in [0.5, 0.6) is 0 Å². The molecule has 0 spiro atoms. The van der Waals surface area contributed by atoms with Gasteiger partial charge in [0.2, 0.25) is 10.0 Å². The van der Waals surface area contributed by atoms with Crippen LogP contribution in [0.2, 0.25) is 0 Å². The molecule has 0 bridgehead atoms. The molecule has 2 aromatic rings. The first-order valence-electron chi connectivity index (χ1n) is 6.98. The van der Waals surface area contributed by atoms with Gasteiger partial charge >= 0.3 is 0 Å². The second-order valence-corrected chi connectivity index (χ2v) is 7.49. The van der Waals surface area contributed by atoms with Crippen LogP contribution >= 0.6 is 0 Å². The number of hydrogen-bond donors (Lipinski definition) is 0. The highest BCUT2D eigenvalue weighted by Gasteiger charge is 2.26. The maximum Gasteiger partial charge on any atom is 0.261 e. The molecule has 22 heavy (non-hydrogen) atoms. The minimum absolute atomic E-state index is 0.120. The highest BCUT2D eigenvalue weighted by Crippen LogP contribution is 2.23. The molecule has 6 nitrogen and oxygen atoms in total. The van der Waals surface area contributed by atoms with Gasteiger partial charge in [0.1, 0.15) is 5.82 Å². The second kappa shape index (κ2) is 5.44. The quantitative estimate of drug-likeness (QED) is 0.830. The Morgan fingerprint density at radius 1 is 1.27 bits per heavy atom.